The topological polar surface area (TPSA) is 67.9 Å². The second-order valence-electron chi connectivity index (χ2n) is 6.30. The van der Waals surface area contributed by atoms with Gasteiger partial charge in [-0.15, -0.1) is 0 Å². The molecule has 0 bridgehead atoms. The molecule has 5 heteroatoms. The number of hydrogen-bond donors (Lipinski definition) is 0. The second kappa shape index (κ2) is 7.70. The molecule has 26 heavy (non-hydrogen) atoms. The molecule has 0 amide bonds. The predicted molar refractivity (Wildman–Crippen MR) is 103 cm³/mol. The van der Waals surface area contributed by atoms with E-state index in [2.05, 4.69) is 36.2 Å². The van der Waals surface area contributed by atoms with Crippen LogP contribution < -0.4 is 0 Å². The zero-order chi connectivity index (χ0) is 18.5. The maximum absolute atomic E-state index is 10.7. The molecule has 130 valence electrons. The normalized spacial score (nSPS) is 11.2. The van der Waals surface area contributed by atoms with Gasteiger partial charge >= 0.3 is 0 Å². The van der Waals surface area contributed by atoms with Gasteiger partial charge in [0, 0.05) is 12.1 Å². The number of rotatable bonds is 5. The summed E-state index contributed by atoms with van der Waals surface area (Å²) < 4.78 is 0. The fourth-order valence-corrected chi connectivity index (χ4v) is 2.54. The number of benzene rings is 3. The largest absolute Gasteiger partial charge is 0.269 e. The Morgan fingerprint density at radius 3 is 1.58 bits per heavy atom. The van der Waals surface area contributed by atoms with Crippen molar-refractivity contribution in [1.29, 1.82) is 0 Å². The van der Waals surface area contributed by atoms with Crippen molar-refractivity contribution in [3.8, 4) is 11.1 Å². The van der Waals surface area contributed by atoms with Crippen molar-refractivity contribution in [3.63, 3.8) is 0 Å². The second-order valence-corrected chi connectivity index (χ2v) is 6.30. The summed E-state index contributed by atoms with van der Waals surface area (Å²) in [7, 11) is 0. The van der Waals surface area contributed by atoms with Crippen LogP contribution in [0.5, 0.6) is 0 Å². The molecule has 3 aromatic rings. The van der Waals surface area contributed by atoms with E-state index in [0.717, 1.165) is 22.5 Å². The van der Waals surface area contributed by atoms with E-state index in [4.69, 9.17) is 0 Å². The number of non-ortho nitro benzene ring substituents is 1. The molecule has 0 saturated heterocycles. The zero-order valence-corrected chi connectivity index (χ0v) is 14.7. The van der Waals surface area contributed by atoms with Crippen LogP contribution >= 0.6 is 0 Å². The smallest absolute Gasteiger partial charge is 0.258 e. The molecular formula is C21H19N3O2. The summed E-state index contributed by atoms with van der Waals surface area (Å²) in [4.78, 5) is 10.3. The van der Waals surface area contributed by atoms with Gasteiger partial charge in [-0.05, 0) is 59.0 Å². The fraction of sp³-hybridized carbons (Fsp3) is 0.143. The molecule has 0 heterocycles. The van der Waals surface area contributed by atoms with Crippen molar-refractivity contribution in [2.45, 2.75) is 19.8 Å². The van der Waals surface area contributed by atoms with Crippen LogP contribution in [0.2, 0.25) is 0 Å². The number of azo groups is 1. The van der Waals surface area contributed by atoms with Gasteiger partial charge in [-0.1, -0.05) is 38.1 Å². The monoisotopic (exact) mass is 345 g/mol. The van der Waals surface area contributed by atoms with Crippen LogP contribution in [0.1, 0.15) is 25.3 Å². The first-order valence-electron chi connectivity index (χ1n) is 8.39. The van der Waals surface area contributed by atoms with Gasteiger partial charge < -0.3 is 0 Å². The van der Waals surface area contributed by atoms with Crippen LogP contribution in [0.25, 0.3) is 11.1 Å². The van der Waals surface area contributed by atoms with Gasteiger partial charge in [0.2, 0.25) is 0 Å². The maximum atomic E-state index is 10.7. The van der Waals surface area contributed by atoms with Crippen LogP contribution in [0.15, 0.2) is 83.0 Å². The average molecular weight is 345 g/mol. The zero-order valence-electron chi connectivity index (χ0n) is 14.7. The molecule has 3 aromatic carbocycles. The molecule has 0 unspecified atom stereocenters. The molecule has 5 nitrogen and oxygen atoms in total. The number of nitrogens with zero attached hydrogens (tertiary/aromatic N) is 3. The fourth-order valence-electron chi connectivity index (χ4n) is 2.54. The third kappa shape index (κ3) is 4.19. The van der Waals surface area contributed by atoms with Crippen molar-refractivity contribution < 1.29 is 4.92 Å². The van der Waals surface area contributed by atoms with Crippen molar-refractivity contribution in [1.82, 2.24) is 0 Å². The van der Waals surface area contributed by atoms with Crippen LogP contribution in [0.3, 0.4) is 0 Å². The van der Waals surface area contributed by atoms with Crippen LogP contribution in [0, 0.1) is 10.1 Å². The lowest BCUT2D eigenvalue weighted by atomic mass is 10.0. The molecule has 0 atom stereocenters. The maximum Gasteiger partial charge on any atom is 0.269 e. The lowest BCUT2D eigenvalue weighted by Gasteiger charge is -2.04. The Hall–Kier alpha value is -3.34. The van der Waals surface area contributed by atoms with E-state index >= 15 is 0 Å². The summed E-state index contributed by atoms with van der Waals surface area (Å²) >= 11 is 0. The van der Waals surface area contributed by atoms with Gasteiger partial charge in [0.15, 0.2) is 0 Å². The summed E-state index contributed by atoms with van der Waals surface area (Å²) in [5, 5.41) is 19.2. The standard InChI is InChI=1S/C21H19N3O2/c1-15(2)16-3-9-19(10-4-16)22-23-20-11-5-17(6-12-20)18-7-13-21(14-8-18)24(25)26/h3-15H,1-2H3. The van der Waals surface area contributed by atoms with Gasteiger partial charge in [0.05, 0.1) is 16.3 Å². The summed E-state index contributed by atoms with van der Waals surface area (Å²) in [5.41, 5.74) is 4.82. The summed E-state index contributed by atoms with van der Waals surface area (Å²) in [5.74, 6) is 0.493. The van der Waals surface area contributed by atoms with Crippen LogP contribution in [0.4, 0.5) is 17.1 Å². The van der Waals surface area contributed by atoms with E-state index in [1.54, 1.807) is 12.1 Å². The lowest BCUT2D eigenvalue weighted by Crippen LogP contribution is -1.87. The van der Waals surface area contributed by atoms with Crippen molar-refractivity contribution in [2.24, 2.45) is 10.2 Å². The molecule has 3 rings (SSSR count). The predicted octanol–water partition coefficient (Wildman–Crippen LogP) is 6.80. The van der Waals surface area contributed by atoms with Gasteiger partial charge in [-0.3, -0.25) is 10.1 Å². The molecule has 0 radical (unpaired) electrons. The van der Waals surface area contributed by atoms with Gasteiger partial charge in [-0.2, -0.15) is 10.2 Å². The highest BCUT2D eigenvalue weighted by molar-refractivity contribution is 5.66. The first kappa shape index (κ1) is 17.5. The minimum absolute atomic E-state index is 0.0858. The Balaban J connectivity index is 1.71. The molecule has 0 saturated carbocycles. The Bertz CT molecular complexity index is 913. The van der Waals surface area contributed by atoms with Crippen molar-refractivity contribution in [3.05, 3.63) is 88.5 Å². The van der Waals surface area contributed by atoms with E-state index in [1.807, 2.05) is 36.4 Å². The lowest BCUT2D eigenvalue weighted by molar-refractivity contribution is -0.384. The van der Waals surface area contributed by atoms with E-state index in [0.29, 0.717) is 5.92 Å². The first-order chi connectivity index (χ1) is 12.5. The molecular weight excluding hydrogens is 326 g/mol. The molecule has 0 N–H and O–H groups in total. The highest BCUT2D eigenvalue weighted by Gasteiger charge is 2.05. The molecule has 0 aromatic heterocycles. The molecule has 0 aliphatic carbocycles. The van der Waals surface area contributed by atoms with Gasteiger partial charge in [-0.25, -0.2) is 0 Å². The first-order valence-corrected chi connectivity index (χ1v) is 8.39. The Morgan fingerprint density at radius 2 is 1.15 bits per heavy atom. The summed E-state index contributed by atoms with van der Waals surface area (Å²) in [6, 6.07) is 22.2. The highest BCUT2D eigenvalue weighted by atomic mass is 16.6. The van der Waals surface area contributed by atoms with Gasteiger partial charge in [0.25, 0.3) is 5.69 Å². The summed E-state index contributed by atoms with van der Waals surface area (Å²) in [6.07, 6.45) is 0. The van der Waals surface area contributed by atoms with E-state index in [-0.39, 0.29) is 5.69 Å². The third-order valence-corrected chi connectivity index (χ3v) is 4.12. The number of nitro benzene ring substituents is 1. The van der Waals surface area contributed by atoms with Crippen molar-refractivity contribution >= 4 is 17.1 Å². The quantitative estimate of drug-likeness (QED) is 0.290. The van der Waals surface area contributed by atoms with E-state index in [9.17, 15) is 10.1 Å². The molecule has 0 fully saturated rings. The molecule has 0 spiro atoms. The Kier molecular flexibility index (Phi) is 5.17. The minimum atomic E-state index is -0.402. The van der Waals surface area contributed by atoms with Gasteiger partial charge in [0.1, 0.15) is 0 Å². The summed E-state index contributed by atoms with van der Waals surface area (Å²) in [6.45, 7) is 4.31. The average Bonchev–Trinajstić information content (AvgIpc) is 2.67. The SMILES string of the molecule is CC(C)c1ccc(N=Nc2ccc(-c3ccc([N+](=O)[O-])cc3)cc2)cc1. The van der Waals surface area contributed by atoms with E-state index < -0.39 is 4.92 Å². The van der Waals surface area contributed by atoms with Crippen molar-refractivity contribution in [2.75, 3.05) is 0 Å². The third-order valence-electron chi connectivity index (χ3n) is 4.12. The molecule has 0 aliphatic rings. The Morgan fingerprint density at radius 1 is 0.731 bits per heavy atom. The molecule has 0 aliphatic heterocycles. The Labute approximate surface area is 152 Å². The highest BCUT2D eigenvalue weighted by Crippen LogP contribution is 2.26. The number of nitro groups is 1. The van der Waals surface area contributed by atoms with Crippen LogP contribution in [-0.4, -0.2) is 4.92 Å². The number of hydrogen-bond acceptors (Lipinski definition) is 4. The minimum Gasteiger partial charge on any atom is -0.258 e. The van der Waals surface area contributed by atoms with Crippen LogP contribution in [-0.2, 0) is 0 Å². The van der Waals surface area contributed by atoms with E-state index in [1.165, 1.54) is 17.7 Å².